The molecule has 4 nitrogen and oxygen atoms in total. The summed E-state index contributed by atoms with van der Waals surface area (Å²) in [4.78, 5) is 29.0. The van der Waals surface area contributed by atoms with Crippen LogP contribution in [0.25, 0.3) is 0 Å². The average Bonchev–Trinajstić information content (AvgIpc) is 2.91. The monoisotopic (exact) mass is 362 g/mol. The molecule has 1 aromatic heterocycles. The van der Waals surface area contributed by atoms with E-state index in [-0.39, 0.29) is 18.1 Å². The highest BCUT2D eigenvalue weighted by Gasteiger charge is 2.15. The van der Waals surface area contributed by atoms with E-state index < -0.39 is 0 Å². The third kappa shape index (κ3) is 4.68. The number of hydrogen-bond donors (Lipinski definition) is 1. The minimum Gasteiger partial charge on any atom is -0.369 e. The Bertz CT molecular complexity index is 753. The molecule has 0 spiro atoms. The largest absolute Gasteiger partial charge is 0.369 e. The lowest BCUT2D eigenvalue weighted by Crippen LogP contribution is -2.13. The summed E-state index contributed by atoms with van der Waals surface area (Å²) < 4.78 is 0.807. The molecule has 1 aromatic carbocycles. The van der Waals surface area contributed by atoms with Gasteiger partial charge in [-0.3, -0.25) is 9.59 Å². The minimum atomic E-state index is -0.363. The summed E-state index contributed by atoms with van der Waals surface area (Å²) in [6.45, 7) is 6.01. The molecule has 128 valence electrons. The molecule has 1 amide bonds. The zero-order valence-electron chi connectivity index (χ0n) is 14.2. The number of primary amides is 1. The van der Waals surface area contributed by atoms with E-state index in [1.165, 1.54) is 28.7 Å². The Morgan fingerprint density at radius 2 is 2.00 bits per heavy atom. The van der Waals surface area contributed by atoms with E-state index in [0.29, 0.717) is 5.75 Å². The summed E-state index contributed by atoms with van der Waals surface area (Å²) in [6.07, 6.45) is 1.96. The minimum absolute atomic E-state index is 0.122. The summed E-state index contributed by atoms with van der Waals surface area (Å²) in [6, 6.07) is 6.14. The number of thioether (sulfide) groups is 1. The summed E-state index contributed by atoms with van der Waals surface area (Å²) in [5.74, 6) is 0.109. The van der Waals surface area contributed by atoms with Gasteiger partial charge < -0.3 is 5.73 Å². The van der Waals surface area contributed by atoms with Crippen molar-refractivity contribution in [3.05, 3.63) is 45.5 Å². The number of amides is 1. The number of benzene rings is 1. The SMILES string of the molecule is CCc1ccc(CC)c(C(=O)CSc2nc(C)c(CC(N)=O)s2)c1. The van der Waals surface area contributed by atoms with Gasteiger partial charge in [-0.05, 0) is 37.0 Å². The molecule has 0 fully saturated rings. The topological polar surface area (TPSA) is 73.1 Å². The molecule has 0 saturated carbocycles. The van der Waals surface area contributed by atoms with Crippen molar-refractivity contribution in [3.8, 4) is 0 Å². The zero-order chi connectivity index (χ0) is 17.7. The van der Waals surface area contributed by atoms with Crippen molar-refractivity contribution >= 4 is 34.8 Å². The van der Waals surface area contributed by atoms with E-state index in [1.807, 2.05) is 13.0 Å². The Labute approximate surface area is 150 Å². The lowest BCUT2D eigenvalue weighted by molar-refractivity contribution is -0.117. The third-order valence-electron chi connectivity index (χ3n) is 3.80. The standard InChI is InChI=1S/C18H22N2O2S2/c1-4-12-6-7-13(5-2)14(8-12)15(21)10-23-18-20-11(3)16(24-18)9-17(19)22/h6-8H,4-5,9-10H2,1-3H3,(H2,19,22). The van der Waals surface area contributed by atoms with Crippen molar-refractivity contribution in [1.29, 1.82) is 0 Å². The number of aromatic nitrogens is 1. The summed E-state index contributed by atoms with van der Waals surface area (Å²) >= 11 is 2.87. The first kappa shape index (κ1) is 18.7. The van der Waals surface area contributed by atoms with Crippen LogP contribution in [0, 0.1) is 6.92 Å². The van der Waals surface area contributed by atoms with Gasteiger partial charge in [-0.1, -0.05) is 37.7 Å². The molecule has 0 atom stereocenters. The fraction of sp³-hybridized carbons (Fsp3) is 0.389. The van der Waals surface area contributed by atoms with Crippen molar-refractivity contribution in [3.63, 3.8) is 0 Å². The third-order valence-corrected chi connectivity index (χ3v) is 6.10. The molecule has 0 aliphatic rings. The first-order valence-corrected chi connectivity index (χ1v) is 9.77. The number of hydrogen-bond acceptors (Lipinski definition) is 5. The molecule has 1 heterocycles. The van der Waals surface area contributed by atoms with Crippen LogP contribution in [0.3, 0.4) is 0 Å². The number of rotatable bonds is 8. The highest BCUT2D eigenvalue weighted by molar-refractivity contribution is 8.01. The smallest absolute Gasteiger partial charge is 0.222 e. The van der Waals surface area contributed by atoms with Gasteiger partial charge in [0, 0.05) is 10.4 Å². The summed E-state index contributed by atoms with van der Waals surface area (Å²) in [5, 5.41) is 0. The van der Waals surface area contributed by atoms with Crippen molar-refractivity contribution in [2.45, 2.75) is 44.4 Å². The van der Waals surface area contributed by atoms with E-state index in [0.717, 1.165) is 38.9 Å². The first-order valence-electron chi connectivity index (χ1n) is 7.97. The van der Waals surface area contributed by atoms with Crippen molar-refractivity contribution < 1.29 is 9.59 Å². The molecule has 6 heteroatoms. The number of carbonyl (C=O) groups excluding carboxylic acids is 2. The maximum atomic E-state index is 12.6. The Balaban J connectivity index is 2.09. The Morgan fingerprint density at radius 3 is 2.62 bits per heavy atom. The van der Waals surface area contributed by atoms with Crippen LogP contribution in [-0.2, 0) is 24.1 Å². The fourth-order valence-corrected chi connectivity index (χ4v) is 4.53. The maximum absolute atomic E-state index is 12.6. The number of nitrogens with zero attached hydrogens (tertiary/aromatic N) is 1. The second-order valence-corrected chi connectivity index (χ2v) is 7.85. The van der Waals surface area contributed by atoms with Gasteiger partial charge in [0.15, 0.2) is 10.1 Å². The Hall–Kier alpha value is -1.66. The van der Waals surface area contributed by atoms with Crippen molar-refractivity contribution in [2.24, 2.45) is 5.73 Å². The molecule has 2 rings (SSSR count). The quantitative estimate of drug-likeness (QED) is 0.575. The highest BCUT2D eigenvalue weighted by Crippen LogP contribution is 2.28. The van der Waals surface area contributed by atoms with Crippen LogP contribution in [-0.4, -0.2) is 22.4 Å². The van der Waals surface area contributed by atoms with E-state index >= 15 is 0 Å². The molecule has 0 unspecified atom stereocenters. The molecule has 24 heavy (non-hydrogen) atoms. The fourth-order valence-electron chi connectivity index (χ4n) is 2.40. The van der Waals surface area contributed by atoms with Crippen LogP contribution in [0.4, 0.5) is 0 Å². The van der Waals surface area contributed by atoms with Crippen LogP contribution in [0.5, 0.6) is 0 Å². The van der Waals surface area contributed by atoms with Crippen LogP contribution in [0.15, 0.2) is 22.5 Å². The maximum Gasteiger partial charge on any atom is 0.222 e. The van der Waals surface area contributed by atoms with Crippen LogP contribution in [0.2, 0.25) is 0 Å². The van der Waals surface area contributed by atoms with Gasteiger partial charge >= 0.3 is 0 Å². The molecule has 2 aromatic rings. The number of ketones is 1. The molecule has 0 radical (unpaired) electrons. The number of carbonyl (C=O) groups is 2. The first-order chi connectivity index (χ1) is 11.4. The molecule has 0 aliphatic heterocycles. The molecular weight excluding hydrogens is 340 g/mol. The number of Topliss-reactive ketones (excluding diaryl/α,β-unsaturated/α-hetero) is 1. The van der Waals surface area contributed by atoms with Gasteiger partial charge in [0.1, 0.15) is 0 Å². The predicted molar refractivity (Wildman–Crippen MR) is 100 cm³/mol. The van der Waals surface area contributed by atoms with Gasteiger partial charge in [0.25, 0.3) is 0 Å². The Kier molecular flexibility index (Phi) is 6.57. The highest BCUT2D eigenvalue weighted by atomic mass is 32.2. The summed E-state index contributed by atoms with van der Waals surface area (Å²) in [5.41, 5.74) is 9.13. The number of nitrogens with two attached hydrogens (primary N) is 1. The molecule has 0 bridgehead atoms. The molecule has 0 saturated heterocycles. The van der Waals surface area contributed by atoms with Gasteiger partial charge in [-0.15, -0.1) is 11.3 Å². The van der Waals surface area contributed by atoms with E-state index in [2.05, 4.69) is 31.0 Å². The predicted octanol–water partition coefficient (Wildman–Crippen LogP) is 3.58. The second-order valence-electron chi connectivity index (χ2n) is 5.54. The van der Waals surface area contributed by atoms with Crippen molar-refractivity contribution in [2.75, 3.05) is 5.75 Å². The second kappa shape index (κ2) is 8.44. The lowest BCUT2D eigenvalue weighted by Gasteiger charge is -2.08. The van der Waals surface area contributed by atoms with Crippen LogP contribution in [0.1, 0.15) is 45.9 Å². The molecule has 0 aliphatic carbocycles. The number of thiazole rings is 1. The zero-order valence-corrected chi connectivity index (χ0v) is 15.9. The Morgan fingerprint density at radius 1 is 1.25 bits per heavy atom. The number of aryl methyl sites for hydroxylation is 3. The normalized spacial score (nSPS) is 10.8. The van der Waals surface area contributed by atoms with Crippen molar-refractivity contribution in [1.82, 2.24) is 4.98 Å². The summed E-state index contributed by atoms with van der Waals surface area (Å²) in [7, 11) is 0. The van der Waals surface area contributed by atoms with E-state index in [9.17, 15) is 9.59 Å². The molecular formula is C18H22N2O2S2. The van der Waals surface area contributed by atoms with E-state index in [4.69, 9.17) is 5.73 Å². The molecule has 2 N–H and O–H groups in total. The lowest BCUT2D eigenvalue weighted by atomic mass is 9.98. The van der Waals surface area contributed by atoms with Gasteiger partial charge in [0.2, 0.25) is 5.91 Å². The van der Waals surface area contributed by atoms with Gasteiger partial charge in [-0.25, -0.2) is 4.98 Å². The van der Waals surface area contributed by atoms with Gasteiger partial charge in [0.05, 0.1) is 17.9 Å². The van der Waals surface area contributed by atoms with Gasteiger partial charge in [-0.2, -0.15) is 0 Å². The van der Waals surface area contributed by atoms with E-state index in [1.54, 1.807) is 0 Å². The van der Waals surface area contributed by atoms with Crippen LogP contribution >= 0.6 is 23.1 Å². The average molecular weight is 363 g/mol. The van der Waals surface area contributed by atoms with Crippen LogP contribution < -0.4 is 5.73 Å².